The molecule has 3 N–H and O–H groups in total. The van der Waals surface area contributed by atoms with Crippen LogP contribution < -0.4 is 11.1 Å². The highest BCUT2D eigenvalue weighted by Crippen LogP contribution is 2.38. The van der Waals surface area contributed by atoms with E-state index in [1.165, 1.54) is 19.3 Å². The van der Waals surface area contributed by atoms with Gasteiger partial charge in [0.1, 0.15) is 11.4 Å². The fraction of sp³-hybridized carbons (Fsp3) is 0.824. The van der Waals surface area contributed by atoms with Gasteiger partial charge in [0.2, 0.25) is 0 Å². The Labute approximate surface area is 148 Å². The van der Waals surface area contributed by atoms with E-state index in [0.717, 1.165) is 31.4 Å². The monoisotopic (exact) mass is 348 g/mol. The second-order valence-corrected chi connectivity index (χ2v) is 7.62. The summed E-state index contributed by atoms with van der Waals surface area (Å²) in [6.45, 7) is 2.49. The Kier molecular flexibility index (Phi) is 4.64. The summed E-state index contributed by atoms with van der Waals surface area (Å²) in [5.74, 6) is 0.414. The first kappa shape index (κ1) is 16.8. The van der Waals surface area contributed by atoms with Gasteiger partial charge in [-0.05, 0) is 31.6 Å². The third kappa shape index (κ3) is 3.64. The van der Waals surface area contributed by atoms with Crippen LogP contribution in [0.4, 0.5) is 4.79 Å². The van der Waals surface area contributed by atoms with Crippen molar-refractivity contribution < 1.29 is 9.53 Å². The average molecular weight is 348 g/mol. The van der Waals surface area contributed by atoms with E-state index in [1.807, 2.05) is 11.1 Å². The van der Waals surface area contributed by atoms with Crippen LogP contribution in [0.2, 0.25) is 0 Å². The molecule has 8 nitrogen and oxygen atoms in total. The first-order chi connectivity index (χ1) is 12.2. The number of aromatic nitrogens is 3. The number of carbonyl (C=O) groups excluding carboxylic acids is 1. The molecule has 2 heterocycles. The van der Waals surface area contributed by atoms with Crippen LogP contribution in [0.3, 0.4) is 0 Å². The molecule has 0 bridgehead atoms. The second kappa shape index (κ2) is 6.92. The first-order valence-corrected chi connectivity index (χ1v) is 9.50. The van der Waals surface area contributed by atoms with Crippen LogP contribution in [0.1, 0.15) is 56.7 Å². The van der Waals surface area contributed by atoms with Crippen LogP contribution in [0.15, 0.2) is 6.20 Å². The summed E-state index contributed by atoms with van der Waals surface area (Å²) in [5.41, 5.74) is 6.70. The van der Waals surface area contributed by atoms with Crippen LogP contribution in [0.25, 0.3) is 0 Å². The standard InChI is InChI=1S/C17H28N6O2/c18-17(6-7-17)23-12-14(20-21-23)15(13-4-2-1-3-5-13)19-16(24)22-8-10-25-11-9-22/h12-13,15H,1-11,18H2,(H,19,24)/t15-/m0/s1. The highest BCUT2D eigenvalue weighted by molar-refractivity contribution is 5.74. The lowest BCUT2D eigenvalue weighted by molar-refractivity contribution is 0.0515. The van der Waals surface area contributed by atoms with Crippen molar-refractivity contribution >= 4 is 6.03 Å². The molecule has 25 heavy (non-hydrogen) atoms. The molecule has 4 rings (SSSR count). The van der Waals surface area contributed by atoms with E-state index in [-0.39, 0.29) is 17.7 Å². The summed E-state index contributed by atoms with van der Waals surface area (Å²) in [4.78, 5) is 14.5. The Morgan fingerprint density at radius 2 is 2.00 bits per heavy atom. The minimum Gasteiger partial charge on any atom is -0.378 e. The predicted octanol–water partition coefficient (Wildman–Crippen LogP) is 1.35. The van der Waals surface area contributed by atoms with Gasteiger partial charge in [0.15, 0.2) is 0 Å². The van der Waals surface area contributed by atoms with Gasteiger partial charge >= 0.3 is 6.03 Å². The van der Waals surface area contributed by atoms with Gasteiger partial charge in [-0.25, -0.2) is 9.48 Å². The van der Waals surface area contributed by atoms with E-state index in [2.05, 4.69) is 15.6 Å². The number of carbonyl (C=O) groups is 1. The molecule has 138 valence electrons. The molecule has 3 aliphatic rings. The van der Waals surface area contributed by atoms with E-state index in [1.54, 1.807) is 4.68 Å². The lowest BCUT2D eigenvalue weighted by Crippen LogP contribution is -2.48. The molecule has 1 aromatic rings. The molecule has 2 aliphatic carbocycles. The SMILES string of the molecule is NC1(n2cc([C@@H](NC(=O)N3CCOCC3)C3CCCCC3)nn2)CC1. The number of hydrogen-bond donors (Lipinski definition) is 2. The fourth-order valence-corrected chi connectivity index (χ4v) is 3.89. The van der Waals surface area contributed by atoms with Gasteiger partial charge in [-0.1, -0.05) is 24.5 Å². The third-order valence-electron chi connectivity index (χ3n) is 5.75. The summed E-state index contributed by atoms with van der Waals surface area (Å²) >= 11 is 0. The Hall–Kier alpha value is -1.67. The molecule has 0 aromatic carbocycles. The zero-order chi connectivity index (χ0) is 17.3. The van der Waals surface area contributed by atoms with Crippen LogP contribution >= 0.6 is 0 Å². The molecule has 1 aromatic heterocycles. The fourth-order valence-electron chi connectivity index (χ4n) is 3.89. The smallest absolute Gasteiger partial charge is 0.318 e. The molecule has 1 saturated heterocycles. The number of urea groups is 1. The summed E-state index contributed by atoms with van der Waals surface area (Å²) in [5, 5.41) is 11.8. The van der Waals surface area contributed by atoms with E-state index in [9.17, 15) is 4.79 Å². The number of nitrogens with zero attached hydrogens (tertiary/aromatic N) is 4. The van der Waals surface area contributed by atoms with Gasteiger partial charge < -0.3 is 20.7 Å². The van der Waals surface area contributed by atoms with E-state index in [0.29, 0.717) is 32.2 Å². The Balaban J connectivity index is 1.51. The third-order valence-corrected chi connectivity index (χ3v) is 5.75. The van der Waals surface area contributed by atoms with E-state index >= 15 is 0 Å². The lowest BCUT2D eigenvalue weighted by atomic mass is 9.83. The second-order valence-electron chi connectivity index (χ2n) is 7.62. The molecule has 2 saturated carbocycles. The number of nitrogens with two attached hydrogens (primary N) is 1. The molecular formula is C17H28N6O2. The van der Waals surface area contributed by atoms with Gasteiger partial charge in [-0.3, -0.25) is 0 Å². The van der Waals surface area contributed by atoms with Crippen LogP contribution in [0, 0.1) is 5.92 Å². The van der Waals surface area contributed by atoms with Crippen molar-refractivity contribution in [1.29, 1.82) is 0 Å². The van der Waals surface area contributed by atoms with Gasteiger partial charge in [0, 0.05) is 13.1 Å². The first-order valence-electron chi connectivity index (χ1n) is 9.50. The number of rotatable bonds is 4. The van der Waals surface area contributed by atoms with Crippen molar-refractivity contribution in [3.05, 3.63) is 11.9 Å². The zero-order valence-electron chi connectivity index (χ0n) is 14.7. The predicted molar refractivity (Wildman–Crippen MR) is 91.7 cm³/mol. The molecule has 3 fully saturated rings. The summed E-state index contributed by atoms with van der Waals surface area (Å²) in [7, 11) is 0. The van der Waals surface area contributed by atoms with Crippen molar-refractivity contribution in [2.75, 3.05) is 26.3 Å². The summed E-state index contributed by atoms with van der Waals surface area (Å²) in [6, 6.07) is -0.117. The molecule has 0 radical (unpaired) electrons. The van der Waals surface area contributed by atoms with Gasteiger partial charge in [0.25, 0.3) is 0 Å². The van der Waals surface area contributed by atoms with E-state index in [4.69, 9.17) is 10.5 Å². The summed E-state index contributed by atoms with van der Waals surface area (Å²) < 4.78 is 7.12. The van der Waals surface area contributed by atoms with Crippen molar-refractivity contribution in [1.82, 2.24) is 25.2 Å². The van der Waals surface area contributed by atoms with Crippen LogP contribution in [-0.2, 0) is 10.4 Å². The van der Waals surface area contributed by atoms with Crippen molar-refractivity contribution in [2.24, 2.45) is 11.7 Å². The quantitative estimate of drug-likeness (QED) is 0.856. The minimum absolute atomic E-state index is 0.0256. The highest BCUT2D eigenvalue weighted by Gasteiger charge is 2.42. The number of morpholine rings is 1. The number of ether oxygens (including phenoxy) is 1. The summed E-state index contributed by atoms with van der Waals surface area (Å²) in [6.07, 6.45) is 9.75. The van der Waals surface area contributed by atoms with Crippen molar-refractivity contribution in [2.45, 2.75) is 56.7 Å². The van der Waals surface area contributed by atoms with Gasteiger partial charge in [-0.2, -0.15) is 0 Å². The maximum Gasteiger partial charge on any atom is 0.318 e. The minimum atomic E-state index is -0.365. The largest absolute Gasteiger partial charge is 0.378 e. The maximum absolute atomic E-state index is 12.7. The van der Waals surface area contributed by atoms with Gasteiger partial charge in [-0.15, -0.1) is 5.10 Å². The normalized spacial score (nSPS) is 24.8. The zero-order valence-corrected chi connectivity index (χ0v) is 14.7. The molecular weight excluding hydrogens is 320 g/mol. The van der Waals surface area contributed by atoms with Crippen LogP contribution in [-0.4, -0.2) is 52.2 Å². The molecule has 0 spiro atoms. The number of amides is 2. The number of nitrogens with one attached hydrogen (secondary N) is 1. The van der Waals surface area contributed by atoms with Crippen molar-refractivity contribution in [3.8, 4) is 0 Å². The number of hydrogen-bond acceptors (Lipinski definition) is 5. The molecule has 1 atom stereocenters. The molecule has 0 unspecified atom stereocenters. The lowest BCUT2D eigenvalue weighted by Gasteiger charge is -2.33. The molecule has 8 heteroatoms. The Bertz CT molecular complexity index is 602. The molecule has 2 amide bonds. The maximum atomic E-state index is 12.7. The molecule has 1 aliphatic heterocycles. The topological polar surface area (TPSA) is 98.3 Å². The average Bonchev–Trinajstić information content (AvgIpc) is 3.21. The van der Waals surface area contributed by atoms with Crippen LogP contribution in [0.5, 0.6) is 0 Å². The van der Waals surface area contributed by atoms with Crippen molar-refractivity contribution in [3.63, 3.8) is 0 Å². The Morgan fingerprint density at radius 1 is 1.28 bits per heavy atom. The Morgan fingerprint density at radius 3 is 2.68 bits per heavy atom. The highest BCUT2D eigenvalue weighted by atomic mass is 16.5. The van der Waals surface area contributed by atoms with Gasteiger partial charge in [0.05, 0.1) is 25.5 Å². The van der Waals surface area contributed by atoms with E-state index < -0.39 is 0 Å².